The molecule has 8 heteroatoms. The molecule has 0 bridgehead atoms. The summed E-state index contributed by atoms with van der Waals surface area (Å²) in [5, 5.41) is 5.26. The van der Waals surface area contributed by atoms with E-state index in [-0.39, 0.29) is 5.91 Å². The van der Waals surface area contributed by atoms with Crippen LogP contribution in [0, 0.1) is 6.92 Å². The van der Waals surface area contributed by atoms with Crippen LogP contribution in [0.25, 0.3) is 22.4 Å². The number of aromatic nitrogens is 3. The Labute approximate surface area is 261 Å². The number of hydrogen-bond acceptors (Lipinski definition) is 7. The minimum atomic E-state index is 0.0512. The molecule has 6 aromatic rings. The first-order valence-corrected chi connectivity index (χ1v) is 15.3. The molecule has 1 amide bonds. The quantitative estimate of drug-likeness (QED) is 0.191. The third-order valence-corrected chi connectivity index (χ3v) is 8.04. The average molecular weight is 596 g/mol. The number of nitrogens with zero attached hydrogens (tertiary/aromatic N) is 5. The highest BCUT2D eigenvalue weighted by molar-refractivity contribution is 5.98. The third kappa shape index (κ3) is 6.26. The van der Waals surface area contributed by atoms with Crippen molar-refractivity contribution in [2.75, 3.05) is 31.1 Å². The zero-order valence-corrected chi connectivity index (χ0v) is 25.1. The molecule has 0 N–H and O–H groups in total. The van der Waals surface area contributed by atoms with Gasteiger partial charge < -0.3 is 19.1 Å². The van der Waals surface area contributed by atoms with E-state index >= 15 is 0 Å². The summed E-state index contributed by atoms with van der Waals surface area (Å²) in [5.74, 6) is 2.92. The van der Waals surface area contributed by atoms with Crippen molar-refractivity contribution in [3.05, 3.63) is 132 Å². The molecule has 0 aliphatic carbocycles. The van der Waals surface area contributed by atoms with Crippen LogP contribution in [-0.2, 0) is 6.42 Å². The van der Waals surface area contributed by atoms with Crippen molar-refractivity contribution in [1.29, 1.82) is 0 Å². The van der Waals surface area contributed by atoms with Crippen LogP contribution < -0.4 is 9.64 Å². The number of anilines is 1. The van der Waals surface area contributed by atoms with Gasteiger partial charge in [0.15, 0.2) is 0 Å². The molecule has 1 aliphatic rings. The van der Waals surface area contributed by atoms with E-state index in [1.807, 2.05) is 109 Å². The van der Waals surface area contributed by atoms with Gasteiger partial charge in [0.2, 0.25) is 0 Å². The van der Waals surface area contributed by atoms with E-state index in [1.54, 1.807) is 0 Å². The minimum Gasteiger partial charge on any atom is -0.457 e. The van der Waals surface area contributed by atoms with Gasteiger partial charge in [0, 0.05) is 43.7 Å². The van der Waals surface area contributed by atoms with E-state index in [9.17, 15) is 4.79 Å². The summed E-state index contributed by atoms with van der Waals surface area (Å²) in [6, 6.07) is 35.4. The lowest BCUT2D eigenvalue weighted by Crippen LogP contribution is -2.35. The van der Waals surface area contributed by atoms with Gasteiger partial charge in [-0.25, -0.2) is 4.98 Å². The smallest absolute Gasteiger partial charge is 0.263 e. The Morgan fingerprint density at radius 2 is 1.56 bits per heavy atom. The van der Waals surface area contributed by atoms with Gasteiger partial charge in [-0.3, -0.25) is 4.79 Å². The number of aryl methyl sites for hydroxylation is 1. The van der Waals surface area contributed by atoms with Crippen molar-refractivity contribution >= 4 is 22.8 Å². The zero-order valence-electron chi connectivity index (χ0n) is 25.1. The molecule has 0 radical (unpaired) electrons. The van der Waals surface area contributed by atoms with E-state index in [1.165, 1.54) is 0 Å². The SMILES string of the molecule is Cc1ccc(C(=O)N2CCCN(c3nc(Cc4ccccc4)nc4onc(-c5cccc(Oc6ccccc6)c5)c34)CC2)cc1. The van der Waals surface area contributed by atoms with Gasteiger partial charge in [-0.15, -0.1) is 0 Å². The summed E-state index contributed by atoms with van der Waals surface area (Å²) in [7, 11) is 0. The van der Waals surface area contributed by atoms with Crippen molar-refractivity contribution in [2.24, 2.45) is 0 Å². The molecule has 3 heterocycles. The molecular weight excluding hydrogens is 562 g/mol. The number of benzene rings is 4. The summed E-state index contributed by atoms with van der Waals surface area (Å²) < 4.78 is 12.0. The fraction of sp³-hybridized carbons (Fsp3) is 0.189. The number of para-hydroxylation sites is 1. The number of hydrogen-bond donors (Lipinski definition) is 0. The van der Waals surface area contributed by atoms with E-state index in [0.717, 1.165) is 46.6 Å². The Bertz CT molecular complexity index is 1920. The maximum atomic E-state index is 13.4. The van der Waals surface area contributed by atoms with Gasteiger partial charge in [0.1, 0.15) is 34.2 Å². The van der Waals surface area contributed by atoms with E-state index < -0.39 is 0 Å². The molecule has 0 saturated carbocycles. The number of rotatable bonds is 7. The second-order valence-corrected chi connectivity index (χ2v) is 11.3. The first kappa shape index (κ1) is 28.3. The summed E-state index contributed by atoms with van der Waals surface area (Å²) in [6.07, 6.45) is 1.37. The number of carbonyl (C=O) groups is 1. The van der Waals surface area contributed by atoms with Crippen molar-refractivity contribution in [2.45, 2.75) is 19.8 Å². The van der Waals surface area contributed by atoms with Gasteiger partial charge in [0.25, 0.3) is 11.6 Å². The lowest BCUT2D eigenvalue weighted by atomic mass is 10.1. The molecule has 4 aromatic carbocycles. The first-order chi connectivity index (χ1) is 22.1. The third-order valence-electron chi connectivity index (χ3n) is 8.04. The highest BCUT2D eigenvalue weighted by atomic mass is 16.5. The minimum absolute atomic E-state index is 0.0512. The Morgan fingerprint density at radius 3 is 2.36 bits per heavy atom. The van der Waals surface area contributed by atoms with Crippen LogP contribution in [0.2, 0.25) is 0 Å². The summed E-state index contributed by atoms with van der Waals surface area (Å²) in [5.41, 5.74) is 4.89. The lowest BCUT2D eigenvalue weighted by molar-refractivity contribution is 0.0767. The van der Waals surface area contributed by atoms with Gasteiger partial charge in [-0.2, -0.15) is 4.98 Å². The lowest BCUT2D eigenvalue weighted by Gasteiger charge is -2.24. The second kappa shape index (κ2) is 12.6. The normalized spacial score (nSPS) is 13.5. The van der Waals surface area contributed by atoms with Crippen LogP contribution in [0.4, 0.5) is 5.82 Å². The van der Waals surface area contributed by atoms with Crippen molar-refractivity contribution in [3.63, 3.8) is 0 Å². The monoisotopic (exact) mass is 595 g/mol. The van der Waals surface area contributed by atoms with Gasteiger partial charge >= 0.3 is 0 Å². The topological polar surface area (TPSA) is 84.6 Å². The number of fused-ring (bicyclic) bond motifs is 1. The van der Waals surface area contributed by atoms with Crippen LogP contribution in [0.15, 0.2) is 114 Å². The first-order valence-electron chi connectivity index (χ1n) is 15.3. The molecule has 224 valence electrons. The Balaban J connectivity index is 1.24. The molecule has 7 rings (SSSR count). The van der Waals surface area contributed by atoms with E-state index in [2.05, 4.69) is 22.2 Å². The molecular formula is C37H33N5O3. The van der Waals surface area contributed by atoms with Gasteiger partial charge in [0.05, 0.1) is 0 Å². The van der Waals surface area contributed by atoms with Crippen LogP contribution in [0.1, 0.15) is 33.7 Å². The van der Waals surface area contributed by atoms with Gasteiger partial charge in [-0.1, -0.05) is 83.5 Å². The molecule has 1 saturated heterocycles. The molecule has 45 heavy (non-hydrogen) atoms. The summed E-state index contributed by atoms with van der Waals surface area (Å²) >= 11 is 0. The Hall–Kier alpha value is -5.50. The maximum Gasteiger partial charge on any atom is 0.263 e. The zero-order chi connectivity index (χ0) is 30.6. The largest absolute Gasteiger partial charge is 0.457 e. The number of ether oxygens (including phenoxy) is 1. The molecule has 0 atom stereocenters. The highest BCUT2D eigenvalue weighted by Crippen LogP contribution is 2.36. The highest BCUT2D eigenvalue weighted by Gasteiger charge is 2.26. The average Bonchev–Trinajstić information content (AvgIpc) is 3.34. The molecule has 0 spiro atoms. The van der Waals surface area contributed by atoms with E-state index in [4.69, 9.17) is 19.2 Å². The standard InChI is InChI=1S/C37H33N5O3/c1-26-16-18-28(19-17-26)37(43)42-21-9-20-41(22-23-42)35-33-34(29-12-8-15-31(25-29)44-30-13-6-3-7-14-30)40-45-36(33)39-32(38-35)24-27-10-4-2-5-11-27/h2-8,10-19,25H,9,20-24H2,1H3. The second-order valence-electron chi connectivity index (χ2n) is 11.3. The molecule has 1 aliphatic heterocycles. The predicted octanol–water partition coefficient (Wildman–Crippen LogP) is 7.33. The number of amides is 1. The maximum absolute atomic E-state index is 13.4. The summed E-state index contributed by atoms with van der Waals surface area (Å²) in [6.45, 7) is 4.63. The van der Waals surface area contributed by atoms with E-state index in [0.29, 0.717) is 54.6 Å². The fourth-order valence-electron chi connectivity index (χ4n) is 5.71. The van der Waals surface area contributed by atoms with Crippen LogP contribution >= 0.6 is 0 Å². The summed E-state index contributed by atoms with van der Waals surface area (Å²) in [4.78, 5) is 27.5. The molecule has 2 aromatic heterocycles. The predicted molar refractivity (Wildman–Crippen MR) is 175 cm³/mol. The molecule has 1 fully saturated rings. The van der Waals surface area contributed by atoms with Crippen LogP contribution in [0.3, 0.4) is 0 Å². The van der Waals surface area contributed by atoms with Crippen LogP contribution in [0.5, 0.6) is 11.5 Å². The van der Waals surface area contributed by atoms with Crippen molar-refractivity contribution in [1.82, 2.24) is 20.0 Å². The van der Waals surface area contributed by atoms with Crippen LogP contribution in [-0.4, -0.2) is 52.1 Å². The molecule has 8 nitrogen and oxygen atoms in total. The van der Waals surface area contributed by atoms with Gasteiger partial charge in [-0.05, 0) is 55.3 Å². The number of carbonyl (C=O) groups excluding carboxylic acids is 1. The Morgan fingerprint density at radius 1 is 0.800 bits per heavy atom. The Kier molecular flexibility index (Phi) is 7.93. The van der Waals surface area contributed by atoms with Crippen molar-refractivity contribution < 1.29 is 14.1 Å². The van der Waals surface area contributed by atoms with Crippen molar-refractivity contribution in [3.8, 4) is 22.8 Å². The molecule has 0 unspecified atom stereocenters. The fourth-order valence-corrected chi connectivity index (χ4v) is 5.71.